The lowest BCUT2D eigenvalue weighted by atomic mass is 10.0. The predicted octanol–water partition coefficient (Wildman–Crippen LogP) is 1.79. The third-order valence-electron chi connectivity index (χ3n) is 4.46. The molecule has 1 saturated heterocycles. The second-order valence-electron chi connectivity index (χ2n) is 6.99. The van der Waals surface area contributed by atoms with Gasteiger partial charge in [0.2, 0.25) is 0 Å². The zero-order valence-electron chi connectivity index (χ0n) is 12.8. The fourth-order valence-electron chi connectivity index (χ4n) is 3.24. The zero-order chi connectivity index (χ0) is 13.3. The Morgan fingerprint density at radius 3 is 2.44 bits per heavy atom. The van der Waals surface area contributed by atoms with E-state index in [1.807, 2.05) is 0 Å². The number of rotatable bonds is 6. The van der Waals surface area contributed by atoms with Gasteiger partial charge < -0.3 is 10.2 Å². The first-order chi connectivity index (χ1) is 8.47. The summed E-state index contributed by atoms with van der Waals surface area (Å²) in [6.45, 7) is 9.47. The van der Waals surface area contributed by atoms with Crippen molar-refractivity contribution in [3.8, 4) is 0 Å². The van der Waals surface area contributed by atoms with E-state index < -0.39 is 0 Å². The van der Waals surface area contributed by atoms with Crippen molar-refractivity contribution in [3.05, 3.63) is 0 Å². The largest absolute Gasteiger partial charge is 0.308 e. The van der Waals surface area contributed by atoms with Crippen LogP contribution in [-0.4, -0.2) is 61.2 Å². The monoisotopic (exact) mass is 253 g/mol. The molecule has 0 bridgehead atoms. The Labute approximate surface area is 113 Å². The van der Waals surface area contributed by atoms with E-state index in [-0.39, 0.29) is 0 Å². The van der Waals surface area contributed by atoms with Gasteiger partial charge in [-0.1, -0.05) is 13.8 Å². The molecule has 3 nitrogen and oxygen atoms in total. The lowest BCUT2D eigenvalue weighted by molar-refractivity contribution is 0.243. The summed E-state index contributed by atoms with van der Waals surface area (Å²) < 4.78 is 0. The molecular formula is C15H31N3. The molecule has 2 rings (SSSR count). The highest BCUT2D eigenvalue weighted by Crippen LogP contribution is 2.33. The van der Waals surface area contributed by atoms with Crippen LogP contribution in [0.5, 0.6) is 0 Å². The maximum absolute atomic E-state index is 3.91. The summed E-state index contributed by atoms with van der Waals surface area (Å²) in [7, 11) is 4.34. The Balaban J connectivity index is 1.84. The standard InChI is InChI=1S/C15H31N3/c1-11(2)15(10-17(4)5)16-13-8-12(3)18(9-13)14-6-7-14/h11-16H,6-10H2,1-5H3. The highest BCUT2D eigenvalue weighted by Gasteiger charge is 2.39. The minimum atomic E-state index is 0.622. The minimum absolute atomic E-state index is 0.622. The van der Waals surface area contributed by atoms with E-state index in [2.05, 4.69) is 50.0 Å². The van der Waals surface area contributed by atoms with Gasteiger partial charge in [0.15, 0.2) is 0 Å². The Kier molecular flexibility index (Phi) is 4.68. The number of likely N-dealkylation sites (tertiary alicyclic amines) is 1. The summed E-state index contributed by atoms with van der Waals surface area (Å²) in [5.74, 6) is 0.706. The maximum atomic E-state index is 3.91. The van der Waals surface area contributed by atoms with E-state index >= 15 is 0 Å². The zero-order valence-corrected chi connectivity index (χ0v) is 12.8. The molecule has 1 aliphatic heterocycles. The van der Waals surface area contributed by atoms with E-state index in [1.165, 1.54) is 25.8 Å². The van der Waals surface area contributed by atoms with Gasteiger partial charge in [0.05, 0.1) is 0 Å². The van der Waals surface area contributed by atoms with E-state index in [0.717, 1.165) is 18.6 Å². The normalized spacial score (nSPS) is 31.5. The Morgan fingerprint density at radius 1 is 1.28 bits per heavy atom. The predicted molar refractivity (Wildman–Crippen MR) is 77.9 cm³/mol. The first-order valence-electron chi connectivity index (χ1n) is 7.64. The second kappa shape index (κ2) is 5.89. The minimum Gasteiger partial charge on any atom is -0.308 e. The van der Waals surface area contributed by atoms with Crippen molar-refractivity contribution in [3.63, 3.8) is 0 Å². The van der Waals surface area contributed by atoms with E-state index in [9.17, 15) is 0 Å². The van der Waals surface area contributed by atoms with Crippen LogP contribution >= 0.6 is 0 Å². The van der Waals surface area contributed by atoms with Crippen molar-refractivity contribution in [1.29, 1.82) is 0 Å². The van der Waals surface area contributed by atoms with Crippen molar-refractivity contribution in [1.82, 2.24) is 15.1 Å². The van der Waals surface area contributed by atoms with Crippen LogP contribution in [-0.2, 0) is 0 Å². The van der Waals surface area contributed by atoms with Gasteiger partial charge in [-0.3, -0.25) is 4.90 Å². The summed E-state index contributed by atoms with van der Waals surface area (Å²) in [5.41, 5.74) is 0. The second-order valence-corrected chi connectivity index (χ2v) is 6.99. The van der Waals surface area contributed by atoms with Crippen molar-refractivity contribution in [2.24, 2.45) is 5.92 Å². The summed E-state index contributed by atoms with van der Waals surface area (Å²) >= 11 is 0. The molecule has 1 N–H and O–H groups in total. The summed E-state index contributed by atoms with van der Waals surface area (Å²) in [6, 6.07) is 3.02. The molecule has 0 spiro atoms. The molecule has 1 saturated carbocycles. The van der Waals surface area contributed by atoms with Crippen molar-refractivity contribution >= 4 is 0 Å². The van der Waals surface area contributed by atoms with Crippen molar-refractivity contribution in [2.45, 2.75) is 64.2 Å². The molecule has 3 unspecified atom stereocenters. The molecule has 3 atom stereocenters. The lowest BCUT2D eigenvalue weighted by Crippen LogP contribution is -2.47. The van der Waals surface area contributed by atoms with Gasteiger partial charge in [0.1, 0.15) is 0 Å². The van der Waals surface area contributed by atoms with Crippen LogP contribution in [0.1, 0.15) is 40.0 Å². The first-order valence-corrected chi connectivity index (χ1v) is 7.64. The topological polar surface area (TPSA) is 18.5 Å². The highest BCUT2D eigenvalue weighted by atomic mass is 15.3. The maximum Gasteiger partial charge on any atom is 0.0220 e. The third-order valence-corrected chi connectivity index (χ3v) is 4.46. The van der Waals surface area contributed by atoms with Crippen molar-refractivity contribution in [2.75, 3.05) is 27.2 Å². The molecule has 1 aliphatic carbocycles. The average Bonchev–Trinajstić information content (AvgIpc) is 3.02. The Morgan fingerprint density at radius 2 is 1.94 bits per heavy atom. The number of nitrogens with zero attached hydrogens (tertiary/aromatic N) is 2. The molecule has 1 heterocycles. The van der Waals surface area contributed by atoms with Crippen LogP contribution in [0.3, 0.4) is 0 Å². The Bertz CT molecular complexity index is 260. The third kappa shape index (κ3) is 3.69. The molecule has 106 valence electrons. The van der Waals surface area contributed by atoms with Crippen LogP contribution in [0, 0.1) is 5.92 Å². The number of hydrogen-bond donors (Lipinski definition) is 1. The fourth-order valence-corrected chi connectivity index (χ4v) is 3.24. The first kappa shape index (κ1) is 14.3. The van der Waals surface area contributed by atoms with E-state index in [0.29, 0.717) is 18.0 Å². The summed E-state index contributed by atoms with van der Waals surface area (Å²) in [5, 5.41) is 3.91. The summed E-state index contributed by atoms with van der Waals surface area (Å²) in [4.78, 5) is 5.03. The molecule has 3 heteroatoms. The molecule has 0 aromatic heterocycles. The number of likely N-dealkylation sites (N-methyl/N-ethyl adjacent to an activating group) is 1. The molecule has 0 radical (unpaired) electrons. The van der Waals surface area contributed by atoms with Gasteiger partial charge in [0, 0.05) is 37.3 Å². The van der Waals surface area contributed by atoms with Crippen LogP contribution in [0.15, 0.2) is 0 Å². The van der Waals surface area contributed by atoms with Gasteiger partial charge in [0.25, 0.3) is 0 Å². The Hall–Kier alpha value is -0.120. The molecule has 2 fully saturated rings. The van der Waals surface area contributed by atoms with Gasteiger partial charge >= 0.3 is 0 Å². The van der Waals surface area contributed by atoms with Gasteiger partial charge in [-0.2, -0.15) is 0 Å². The van der Waals surface area contributed by atoms with Crippen LogP contribution in [0.4, 0.5) is 0 Å². The molecular weight excluding hydrogens is 222 g/mol. The van der Waals surface area contributed by atoms with Gasteiger partial charge in [-0.15, -0.1) is 0 Å². The summed E-state index contributed by atoms with van der Waals surface area (Å²) in [6.07, 6.45) is 4.19. The van der Waals surface area contributed by atoms with Crippen LogP contribution in [0.2, 0.25) is 0 Å². The number of nitrogens with one attached hydrogen (secondary N) is 1. The SMILES string of the molecule is CC(C)C(CN(C)C)NC1CC(C)N(C2CC2)C1. The molecule has 2 aliphatic rings. The van der Waals surface area contributed by atoms with Gasteiger partial charge in [-0.25, -0.2) is 0 Å². The van der Waals surface area contributed by atoms with Gasteiger partial charge in [-0.05, 0) is 46.2 Å². The quantitative estimate of drug-likeness (QED) is 0.778. The molecule has 18 heavy (non-hydrogen) atoms. The lowest BCUT2D eigenvalue weighted by Gasteiger charge is -2.29. The molecule has 0 aromatic rings. The molecule has 0 amide bonds. The average molecular weight is 253 g/mol. The van der Waals surface area contributed by atoms with Crippen LogP contribution in [0.25, 0.3) is 0 Å². The van der Waals surface area contributed by atoms with Crippen molar-refractivity contribution < 1.29 is 0 Å². The highest BCUT2D eigenvalue weighted by molar-refractivity contribution is 4.97. The smallest absolute Gasteiger partial charge is 0.0220 e. The fraction of sp³-hybridized carbons (Fsp3) is 1.00. The van der Waals surface area contributed by atoms with E-state index in [4.69, 9.17) is 0 Å². The molecule has 0 aromatic carbocycles. The van der Waals surface area contributed by atoms with E-state index in [1.54, 1.807) is 0 Å². The number of hydrogen-bond acceptors (Lipinski definition) is 3. The van der Waals surface area contributed by atoms with Crippen LogP contribution < -0.4 is 5.32 Å².